The second-order valence-corrected chi connectivity index (χ2v) is 8.05. The lowest BCUT2D eigenvalue weighted by Gasteiger charge is -2.29. The zero-order chi connectivity index (χ0) is 18.9. The fraction of sp³-hybridized carbons (Fsp3) is 0.455. The number of nitrogens with zero attached hydrogens (tertiary/aromatic N) is 2. The van der Waals surface area contributed by atoms with Gasteiger partial charge in [-0.3, -0.25) is 4.79 Å². The molecule has 5 rings (SSSR count). The second-order valence-electron chi connectivity index (χ2n) is 8.05. The molecule has 3 aliphatic rings. The van der Waals surface area contributed by atoms with Crippen LogP contribution in [0.25, 0.3) is 0 Å². The molecular weight excluding hydrogens is 350 g/mol. The maximum absolute atomic E-state index is 12.5. The van der Waals surface area contributed by atoms with Crippen molar-refractivity contribution in [2.45, 2.75) is 18.8 Å². The molecule has 1 aromatic carbocycles. The topological polar surface area (TPSA) is 69.3 Å². The summed E-state index contributed by atoms with van der Waals surface area (Å²) in [4.78, 5) is 19.4. The number of amides is 1. The molecule has 0 spiro atoms. The number of nitrogens with one attached hydrogen (secondary N) is 3. The quantitative estimate of drug-likeness (QED) is 0.744. The number of carbonyl (C=O) groups excluding carboxylic acids is 1. The van der Waals surface area contributed by atoms with Gasteiger partial charge in [-0.1, -0.05) is 12.1 Å². The largest absolute Gasteiger partial charge is 0.370 e. The first-order valence-electron chi connectivity index (χ1n) is 10.3. The van der Waals surface area contributed by atoms with Crippen LogP contribution in [0.15, 0.2) is 36.5 Å². The number of fused-ring (bicyclic) bond motifs is 3. The van der Waals surface area contributed by atoms with Gasteiger partial charge in [0.05, 0.1) is 5.56 Å². The Morgan fingerprint density at radius 3 is 2.86 bits per heavy atom. The molecule has 28 heavy (non-hydrogen) atoms. The Balaban J connectivity index is 1.15. The van der Waals surface area contributed by atoms with E-state index in [9.17, 15) is 4.79 Å². The first-order valence-corrected chi connectivity index (χ1v) is 10.3. The highest BCUT2D eigenvalue weighted by Gasteiger charge is 2.43. The summed E-state index contributed by atoms with van der Waals surface area (Å²) < 4.78 is 0. The number of benzene rings is 1. The van der Waals surface area contributed by atoms with Gasteiger partial charge in [0.15, 0.2) is 0 Å². The molecule has 6 heteroatoms. The molecule has 3 heterocycles. The highest BCUT2D eigenvalue weighted by Crippen LogP contribution is 2.52. The Labute approximate surface area is 165 Å². The lowest BCUT2D eigenvalue weighted by molar-refractivity contribution is 0.0953. The first kappa shape index (κ1) is 17.5. The third-order valence-corrected chi connectivity index (χ3v) is 6.15. The zero-order valence-corrected chi connectivity index (χ0v) is 16.1. The molecule has 1 aliphatic carbocycles. The van der Waals surface area contributed by atoms with Crippen molar-refractivity contribution in [1.29, 1.82) is 0 Å². The van der Waals surface area contributed by atoms with E-state index in [0.29, 0.717) is 18.0 Å². The molecule has 146 valence electrons. The number of rotatable bonds is 5. The van der Waals surface area contributed by atoms with E-state index in [1.54, 1.807) is 6.20 Å². The molecule has 6 nitrogen and oxygen atoms in total. The molecule has 2 unspecified atom stereocenters. The molecule has 2 aliphatic heterocycles. The molecule has 1 saturated heterocycles. The van der Waals surface area contributed by atoms with Gasteiger partial charge in [-0.15, -0.1) is 0 Å². The lowest BCUT2D eigenvalue weighted by Crippen LogP contribution is -2.43. The highest BCUT2D eigenvalue weighted by molar-refractivity contribution is 5.94. The number of pyridine rings is 1. The van der Waals surface area contributed by atoms with Crippen molar-refractivity contribution in [3.8, 4) is 0 Å². The van der Waals surface area contributed by atoms with E-state index in [1.165, 1.54) is 23.2 Å². The maximum Gasteiger partial charge on any atom is 0.252 e. The Morgan fingerprint density at radius 1 is 1.21 bits per heavy atom. The van der Waals surface area contributed by atoms with Crippen LogP contribution in [0.5, 0.6) is 0 Å². The van der Waals surface area contributed by atoms with Gasteiger partial charge >= 0.3 is 0 Å². The molecule has 0 bridgehead atoms. The predicted octanol–water partition coefficient (Wildman–Crippen LogP) is 1.99. The molecule has 2 fully saturated rings. The van der Waals surface area contributed by atoms with Gasteiger partial charge in [-0.05, 0) is 54.0 Å². The van der Waals surface area contributed by atoms with E-state index in [4.69, 9.17) is 0 Å². The van der Waals surface area contributed by atoms with Crippen molar-refractivity contribution < 1.29 is 4.79 Å². The SMILES string of the molecule is O=C(NCCc1ccc(N2CCNCC2)cc1)c1cnc2c(c1)C1CC1CN2. The Bertz CT molecular complexity index is 860. The van der Waals surface area contributed by atoms with Crippen LogP contribution in [0.3, 0.4) is 0 Å². The second kappa shape index (κ2) is 7.43. The van der Waals surface area contributed by atoms with E-state index in [0.717, 1.165) is 50.9 Å². The van der Waals surface area contributed by atoms with Crippen molar-refractivity contribution in [1.82, 2.24) is 15.6 Å². The Morgan fingerprint density at radius 2 is 2.04 bits per heavy atom. The highest BCUT2D eigenvalue weighted by atomic mass is 16.1. The molecule has 1 amide bonds. The average molecular weight is 377 g/mol. The van der Waals surface area contributed by atoms with Gasteiger partial charge in [-0.2, -0.15) is 0 Å². The number of piperazine rings is 1. The molecular formula is C22H27N5O. The number of hydrogen-bond donors (Lipinski definition) is 3. The normalized spacial score (nSPS) is 22.6. The summed E-state index contributed by atoms with van der Waals surface area (Å²) in [6, 6.07) is 10.7. The van der Waals surface area contributed by atoms with Crippen LogP contribution in [0.2, 0.25) is 0 Å². The summed E-state index contributed by atoms with van der Waals surface area (Å²) in [7, 11) is 0. The van der Waals surface area contributed by atoms with Crippen molar-refractivity contribution in [3.63, 3.8) is 0 Å². The molecule has 2 atom stereocenters. The lowest BCUT2D eigenvalue weighted by atomic mass is 10.0. The Kier molecular flexibility index (Phi) is 4.64. The van der Waals surface area contributed by atoms with Crippen LogP contribution in [0.4, 0.5) is 11.5 Å². The van der Waals surface area contributed by atoms with Gasteiger partial charge in [0.25, 0.3) is 5.91 Å². The van der Waals surface area contributed by atoms with Crippen molar-refractivity contribution in [2.75, 3.05) is 49.5 Å². The van der Waals surface area contributed by atoms with Crippen LogP contribution >= 0.6 is 0 Å². The summed E-state index contributed by atoms with van der Waals surface area (Å²) in [6.07, 6.45) is 3.74. The fourth-order valence-corrected chi connectivity index (χ4v) is 4.34. The van der Waals surface area contributed by atoms with E-state index in [2.05, 4.69) is 50.1 Å². The minimum absolute atomic E-state index is 0.0319. The van der Waals surface area contributed by atoms with Crippen LogP contribution in [0, 0.1) is 5.92 Å². The number of aromatic nitrogens is 1. The minimum Gasteiger partial charge on any atom is -0.370 e. The zero-order valence-electron chi connectivity index (χ0n) is 16.1. The van der Waals surface area contributed by atoms with Crippen molar-refractivity contribution in [2.24, 2.45) is 5.92 Å². The number of carbonyl (C=O) groups is 1. The van der Waals surface area contributed by atoms with Crippen molar-refractivity contribution in [3.05, 3.63) is 53.2 Å². The maximum atomic E-state index is 12.5. The Hall–Kier alpha value is -2.60. The van der Waals surface area contributed by atoms with Crippen molar-refractivity contribution >= 4 is 17.4 Å². The monoisotopic (exact) mass is 377 g/mol. The summed E-state index contributed by atoms with van der Waals surface area (Å²) in [5.41, 5.74) is 4.41. The van der Waals surface area contributed by atoms with Crippen LogP contribution < -0.4 is 20.9 Å². The minimum atomic E-state index is -0.0319. The summed E-state index contributed by atoms with van der Waals surface area (Å²) >= 11 is 0. The predicted molar refractivity (Wildman–Crippen MR) is 111 cm³/mol. The summed E-state index contributed by atoms with van der Waals surface area (Å²) in [6.45, 7) is 5.85. The molecule has 3 N–H and O–H groups in total. The van der Waals surface area contributed by atoms with E-state index in [-0.39, 0.29) is 5.91 Å². The van der Waals surface area contributed by atoms with E-state index >= 15 is 0 Å². The van der Waals surface area contributed by atoms with Gasteiger partial charge < -0.3 is 20.9 Å². The van der Waals surface area contributed by atoms with Gasteiger partial charge in [-0.25, -0.2) is 4.98 Å². The molecule has 2 aromatic rings. The molecule has 1 aromatic heterocycles. The van der Waals surface area contributed by atoms with E-state index < -0.39 is 0 Å². The van der Waals surface area contributed by atoms with Crippen LogP contribution in [0.1, 0.15) is 33.8 Å². The van der Waals surface area contributed by atoms with E-state index in [1.807, 2.05) is 6.07 Å². The average Bonchev–Trinajstić information content (AvgIpc) is 3.55. The van der Waals surface area contributed by atoms with Gasteiger partial charge in [0.1, 0.15) is 5.82 Å². The smallest absolute Gasteiger partial charge is 0.252 e. The third kappa shape index (κ3) is 3.56. The fourth-order valence-electron chi connectivity index (χ4n) is 4.34. The van der Waals surface area contributed by atoms with Crippen LogP contribution in [-0.4, -0.2) is 50.2 Å². The third-order valence-electron chi connectivity index (χ3n) is 6.15. The number of hydrogen-bond acceptors (Lipinski definition) is 5. The molecule has 1 saturated carbocycles. The number of anilines is 2. The molecule has 0 radical (unpaired) electrons. The first-order chi connectivity index (χ1) is 13.8. The summed E-state index contributed by atoms with van der Waals surface area (Å²) in [5, 5.41) is 9.79. The van der Waals surface area contributed by atoms with Crippen LogP contribution in [-0.2, 0) is 6.42 Å². The van der Waals surface area contributed by atoms with Gasteiger partial charge in [0, 0.05) is 51.2 Å². The van der Waals surface area contributed by atoms with Gasteiger partial charge in [0.2, 0.25) is 0 Å². The standard InChI is InChI=1S/C22H27N5O/c28-22(17-12-20-19-11-16(19)13-25-21(20)26-14-17)24-6-5-15-1-3-18(4-2-15)27-9-7-23-8-10-27/h1-4,12,14,16,19,23H,5-11,13H2,(H,24,28)(H,25,26). The summed E-state index contributed by atoms with van der Waals surface area (Å²) in [5.74, 6) is 2.26.